The molecule has 2 aromatic rings. The number of carbonyl (C=O) groups excluding carboxylic acids is 2. The summed E-state index contributed by atoms with van der Waals surface area (Å²) in [5.41, 5.74) is 0.603. The smallest absolute Gasteiger partial charge is 0.251 e. The van der Waals surface area contributed by atoms with Crippen molar-refractivity contribution >= 4 is 11.8 Å². The Labute approximate surface area is 167 Å². The van der Waals surface area contributed by atoms with E-state index in [0.29, 0.717) is 11.8 Å². The van der Waals surface area contributed by atoms with Crippen molar-refractivity contribution < 1.29 is 27.8 Å². The molecular weight excluding hydrogens is 382 g/mol. The van der Waals surface area contributed by atoms with Crippen molar-refractivity contribution in [2.75, 3.05) is 19.7 Å². The van der Waals surface area contributed by atoms with Crippen LogP contribution in [-0.4, -0.2) is 37.1 Å². The van der Waals surface area contributed by atoms with Gasteiger partial charge in [-0.2, -0.15) is 0 Å². The highest BCUT2D eigenvalue weighted by Crippen LogP contribution is 2.41. The predicted octanol–water partition coefficient (Wildman–Crippen LogP) is 2.60. The first-order chi connectivity index (χ1) is 13.7. The predicted molar refractivity (Wildman–Crippen MR) is 102 cm³/mol. The Morgan fingerprint density at radius 2 is 1.86 bits per heavy atom. The van der Waals surface area contributed by atoms with Gasteiger partial charge in [0.05, 0.1) is 13.1 Å². The Bertz CT molecular complexity index is 911. The minimum Gasteiger partial charge on any atom is -0.488 e. The average Bonchev–Trinajstić information content (AvgIpc) is 2.97. The van der Waals surface area contributed by atoms with Crippen LogP contribution in [-0.2, 0) is 11.2 Å². The standard InChI is InChI=1S/C21H22F2N2O4/c1-21(2)11-13-4-3-5-17(19(13)29-21)28-7-6-24-18(26)12-25-20(27)14-8-15(22)10-16(23)9-14/h3-5,8-10H,6-7,11-12H2,1-2H3,(H,24,26)(H,25,27). The Kier molecular flexibility index (Phi) is 6.00. The highest BCUT2D eigenvalue weighted by atomic mass is 19.1. The van der Waals surface area contributed by atoms with Gasteiger partial charge in [0.25, 0.3) is 5.91 Å². The van der Waals surface area contributed by atoms with Gasteiger partial charge in [0, 0.05) is 23.6 Å². The molecule has 1 aliphatic heterocycles. The van der Waals surface area contributed by atoms with Crippen LogP contribution < -0.4 is 20.1 Å². The molecule has 0 radical (unpaired) electrons. The van der Waals surface area contributed by atoms with Crippen molar-refractivity contribution in [3.05, 3.63) is 59.2 Å². The third kappa shape index (κ3) is 5.43. The number of para-hydroxylation sites is 1. The van der Waals surface area contributed by atoms with Crippen LogP contribution in [0, 0.1) is 11.6 Å². The summed E-state index contributed by atoms with van der Waals surface area (Å²) in [6.07, 6.45) is 0.797. The van der Waals surface area contributed by atoms with Crippen molar-refractivity contribution in [1.29, 1.82) is 0 Å². The lowest BCUT2D eigenvalue weighted by atomic mass is 10.0. The number of amides is 2. The van der Waals surface area contributed by atoms with Crippen LogP contribution in [0.5, 0.6) is 11.5 Å². The second-order valence-corrected chi connectivity index (χ2v) is 7.32. The zero-order valence-corrected chi connectivity index (χ0v) is 16.2. The lowest BCUT2D eigenvalue weighted by Gasteiger charge is -2.18. The van der Waals surface area contributed by atoms with Gasteiger partial charge < -0.3 is 20.1 Å². The minimum absolute atomic E-state index is 0.195. The number of carbonyl (C=O) groups is 2. The van der Waals surface area contributed by atoms with E-state index in [4.69, 9.17) is 9.47 Å². The van der Waals surface area contributed by atoms with E-state index in [1.54, 1.807) is 6.07 Å². The molecule has 0 aromatic heterocycles. The summed E-state index contributed by atoms with van der Waals surface area (Å²) in [6.45, 7) is 4.12. The monoisotopic (exact) mass is 404 g/mol. The zero-order chi connectivity index (χ0) is 21.0. The fraction of sp³-hybridized carbons (Fsp3) is 0.333. The Morgan fingerprint density at radius 3 is 2.59 bits per heavy atom. The molecule has 2 amide bonds. The highest BCUT2D eigenvalue weighted by molar-refractivity contribution is 5.96. The van der Waals surface area contributed by atoms with Gasteiger partial charge in [-0.05, 0) is 32.0 Å². The Morgan fingerprint density at radius 1 is 1.14 bits per heavy atom. The maximum absolute atomic E-state index is 13.1. The maximum Gasteiger partial charge on any atom is 0.251 e. The molecule has 0 aliphatic carbocycles. The molecule has 1 aliphatic rings. The van der Waals surface area contributed by atoms with Gasteiger partial charge in [0.15, 0.2) is 11.5 Å². The average molecular weight is 404 g/mol. The first-order valence-electron chi connectivity index (χ1n) is 9.18. The van der Waals surface area contributed by atoms with E-state index in [0.717, 1.165) is 29.9 Å². The van der Waals surface area contributed by atoms with Crippen molar-refractivity contribution in [1.82, 2.24) is 10.6 Å². The van der Waals surface area contributed by atoms with Crippen molar-refractivity contribution in [3.8, 4) is 11.5 Å². The van der Waals surface area contributed by atoms with Gasteiger partial charge in [0.2, 0.25) is 5.91 Å². The molecule has 8 heteroatoms. The first-order valence-corrected chi connectivity index (χ1v) is 9.18. The number of hydrogen-bond donors (Lipinski definition) is 2. The third-order valence-electron chi connectivity index (χ3n) is 4.27. The van der Waals surface area contributed by atoms with Gasteiger partial charge in [-0.1, -0.05) is 12.1 Å². The molecule has 0 unspecified atom stereocenters. The van der Waals surface area contributed by atoms with Crippen LogP contribution in [0.2, 0.25) is 0 Å². The van der Waals surface area contributed by atoms with Crippen molar-refractivity contribution in [2.45, 2.75) is 25.9 Å². The first kappa shape index (κ1) is 20.6. The summed E-state index contributed by atoms with van der Waals surface area (Å²) in [5, 5.41) is 4.91. The SMILES string of the molecule is CC1(C)Cc2cccc(OCCNC(=O)CNC(=O)c3cc(F)cc(F)c3)c2O1. The van der Waals surface area contributed by atoms with E-state index < -0.39 is 23.4 Å². The van der Waals surface area contributed by atoms with Crippen molar-refractivity contribution in [3.63, 3.8) is 0 Å². The highest BCUT2D eigenvalue weighted by Gasteiger charge is 2.32. The summed E-state index contributed by atoms with van der Waals surface area (Å²) in [4.78, 5) is 23.7. The van der Waals surface area contributed by atoms with Crippen molar-refractivity contribution in [2.24, 2.45) is 0 Å². The van der Waals surface area contributed by atoms with E-state index in [2.05, 4.69) is 10.6 Å². The number of hydrogen-bond acceptors (Lipinski definition) is 4. The molecule has 2 N–H and O–H groups in total. The molecule has 2 aromatic carbocycles. The van der Waals surface area contributed by atoms with Crippen LogP contribution >= 0.6 is 0 Å². The van der Waals surface area contributed by atoms with Gasteiger partial charge in [-0.3, -0.25) is 9.59 Å². The largest absolute Gasteiger partial charge is 0.488 e. The molecule has 6 nitrogen and oxygen atoms in total. The van der Waals surface area contributed by atoms with E-state index in [1.807, 2.05) is 26.0 Å². The summed E-state index contributed by atoms with van der Waals surface area (Å²) in [6, 6.07) is 8.14. The molecular formula is C21H22F2N2O4. The molecule has 3 rings (SSSR count). The fourth-order valence-corrected chi connectivity index (χ4v) is 3.06. The summed E-state index contributed by atoms with van der Waals surface area (Å²) < 4.78 is 37.9. The maximum atomic E-state index is 13.1. The number of ether oxygens (including phenoxy) is 2. The van der Waals surface area contributed by atoms with E-state index >= 15 is 0 Å². The molecule has 0 saturated heterocycles. The number of rotatable bonds is 7. The van der Waals surface area contributed by atoms with E-state index in [-0.39, 0.29) is 30.9 Å². The van der Waals surface area contributed by atoms with E-state index in [9.17, 15) is 18.4 Å². The van der Waals surface area contributed by atoms with Gasteiger partial charge in [-0.15, -0.1) is 0 Å². The summed E-state index contributed by atoms with van der Waals surface area (Å²) in [5.74, 6) is -1.58. The second kappa shape index (κ2) is 8.46. The molecule has 0 fully saturated rings. The van der Waals surface area contributed by atoms with Crippen LogP contribution in [0.25, 0.3) is 0 Å². The van der Waals surface area contributed by atoms with E-state index in [1.165, 1.54) is 0 Å². The summed E-state index contributed by atoms with van der Waals surface area (Å²) in [7, 11) is 0. The quantitative estimate of drug-likeness (QED) is 0.696. The topological polar surface area (TPSA) is 76.7 Å². The molecule has 0 atom stereocenters. The molecule has 0 saturated carbocycles. The van der Waals surface area contributed by atoms with Crippen LogP contribution in [0.4, 0.5) is 8.78 Å². The zero-order valence-electron chi connectivity index (χ0n) is 16.2. The number of halogens is 2. The van der Waals surface area contributed by atoms with Crippen LogP contribution in [0.1, 0.15) is 29.8 Å². The lowest BCUT2D eigenvalue weighted by Crippen LogP contribution is -2.38. The minimum atomic E-state index is -0.864. The van der Waals surface area contributed by atoms with Gasteiger partial charge in [-0.25, -0.2) is 8.78 Å². The Hall–Kier alpha value is -3.16. The summed E-state index contributed by atoms with van der Waals surface area (Å²) >= 11 is 0. The van der Waals surface area contributed by atoms with Crippen LogP contribution in [0.3, 0.4) is 0 Å². The number of nitrogens with one attached hydrogen (secondary N) is 2. The lowest BCUT2D eigenvalue weighted by molar-refractivity contribution is -0.120. The Balaban J connectivity index is 1.41. The molecule has 29 heavy (non-hydrogen) atoms. The van der Waals surface area contributed by atoms with Crippen LogP contribution in [0.15, 0.2) is 36.4 Å². The van der Waals surface area contributed by atoms with Gasteiger partial charge in [0.1, 0.15) is 23.8 Å². The normalized spacial score (nSPS) is 13.9. The number of benzene rings is 2. The van der Waals surface area contributed by atoms with Gasteiger partial charge >= 0.3 is 0 Å². The fourth-order valence-electron chi connectivity index (χ4n) is 3.06. The third-order valence-corrected chi connectivity index (χ3v) is 4.27. The molecule has 154 valence electrons. The molecule has 1 heterocycles. The number of fused-ring (bicyclic) bond motifs is 1. The second-order valence-electron chi connectivity index (χ2n) is 7.32. The molecule has 0 spiro atoms. The molecule has 0 bridgehead atoms.